The molecule has 1 aromatic carbocycles. The van der Waals surface area contributed by atoms with Crippen molar-refractivity contribution < 1.29 is 9.59 Å². The van der Waals surface area contributed by atoms with Gasteiger partial charge in [0.25, 0.3) is 5.91 Å². The van der Waals surface area contributed by atoms with Crippen molar-refractivity contribution in [3.63, 3.8) is 0 Å². The number of nitrogens with zero attached hydrogens (tertiary/aromatic N) is 2. The highest BCUT2D eigenvalue weighted by molar-refractivity contribution is 5.94. The van der Waals surface area contributed by atoms with Crippen LogP contribution in [0, 0.1) is 18.8 Å². The van der Waals surface area contributed by atoms with E-state index in [1.54, 1.807) is 0 Å². The summed E-state index contributed by atoms with van der Waals surface area (Å²) in [6, 6.07) is 7.77. The Bertz CT molecular complexity index is 665. The van der Waals surface area contributed by atoms with Crippen molar-refractivity contribution in [2.24, 2.45) is 11.8 Å². The molecule has 5 heteroatoms. The Balaban J connectivity index is 1.30. The lowest BCUT2D eigenvalue weighted by molar-refractivity contribution is -0.122. The summed E-state index contributed by atoms with van der Waals surface area (Å²) in [6.07, 6.45) is 6.10. The molecule has 2 fully saturated rings. The molecule has 1 aromatic rings. The third kappa shape index (κ3) is 6.84. The van der Waals surface area contributed by atoms with E-state index >= 15 is 0 Å². The van der Waals surface area contributed by atoms with Crippen molar-refractivity contribution in [1.82, 2.24) is 15.1 Å². The SMILES string of the molecule is Cc1ccc(C(=O)N2CCC(CC(=O)NCCCN3CCCC(C)C3)CC2)cc1. The molecule has 2 amide bonds. The summed E-state index contributed by atoms with van der Waals surface area (Å²) in [5.41, 5.74) is 1.92. The zero-order valence-electron chi connectivity index (χ0n) is 18.2. The molecular weight excluding hydrogens is 362 g/mol. The van der Waals surface area contributed by atoms with Gasteiger partial charge in [0, 0.05) is 38.2 Å². The van der Waals surface area contributed by atoms with E-state index in [4.69, 9.17) is 0 Å². The summed E-state index contributed by atoms with van der Waals surface area (Å²) < 4.78 is 0. The Morgan fingerprint density at radius 1 is 1.07 bits per heavy atom. The second-order valence-electron chi connectivity index (χ2n) is 9.06. The summed E-state index contributed by atoms with van der Waals surface area (Å²) in [5, 5.41) is 3.10. The maximum atomic E-state index is 12.6. The average Bonchev–Trinajstić information content (AvgIpc) is 2.72. The van der Waals surface area contributed by atoms with Crippen LogP contribution in [-0.4, -0.2) is 60.9 Å². The topological polar surface area (TPSA) is 52.7 Å². The first-order valence-electron chi connectivity index (χ1n) is 11.4. The molecule has 0 saturated carbocycles. The van der Waals surface area contributed by atoms with Crippen LogP contribution in [0.25, 0.3) is 0 Å². The fourth-order valence-corrected chi connectivity index (χ4v) is 4.57. The van der Waals surface area contributed by atoms with Crippen molar-refractivity contribution in [1.29, 1.82) is 0 Å². The number of rotatable bonds is 7. The fraction of sp³-hybridized carbons (Fsp3) is 0.667. The van der Waals surface area contributed by atoms with Crippen LogP contribution in [0.15, 0.2) is 24.3 Å². The summed E-state index contributed by atoms with van der Waals surface area (Å²) in [6.45, 7) is 10.1. The predicted octanol–water partition coefficient (Wildman–Crippen LogP) is 3.48. The average molecular weight is 400 g/mol. The Hall–Kier alpha value is -1.88. The van der Waals surface area contributed by atoms with Crippen LogP contribution in [-0.2, 0) is 4.79 Å². The van der Waals surface area contributed by atoms with Gasteiger partial charge in [-0.25, -0.2) is 0 Å². The number of likely N-dealkylation sites (tertiary alicyclic amines) is 2. The van der Waals surface area contributed by atoms with Crippen molar-refractivity contribution in [3.05, 3.63) is 35.4 Å². The third-order valence-corrected chi connectivity index (χ3v) is 6.39. The van der Waals surface area contributed by atoms with Crippen LogP contribution in [0.4, 0.5) is 0 Å². The third-order valence-electron chi connectivity index (χ3n) is 6.39. The second-order valence-corrected chi connectivity index (χ2v) is 9.06. The molecule has 3 rings (SSSR count). The van der Waals surface area contributed by atoms with E-state index in [0.717, 1.165) is 62.5 Å². The second kappa shape index (κ2) is 10.8. The predicted molar refractivity (Wildman–Crippen MR) is 117 cm³/mol. The molecule has 5 nitrogen and oxygen atoms in total. The van der Waals surface area contributed by atoms with Crippen LogP contribution in [0.1, 0.15) is 61.4 Å². The van der Waals surface area contributed by atoms with Gasteiger partial charge in [0.15, 0.2) is 0 Å². The van der Waals surface area contributed by atoms with E-state index in [-0.39, 0.29) is 11.8 Å². The van der Waals surface area contributed by atoms with Crippen LogP contribution in [0.5, 0.6) is 0 Å². The molecule has 0 aromatic heterocycles. The first-order chi connectivity index (χ1) is 14.0. The Labute approximate surface area is 175 Å². The lowest BCUT2D eigenvalue weighted by Gasteiger charge is -2.32. The van der Waals surface area contributed by atoms with Crippen LogP contribution in [0.2, 0.25) is 0 Å². The summed E-state index contributed by atoms with van der Waals surface area (Å²) in [7, 11) is 0. The standard InChI is InChI=1S/C24H37N3O2/c1-19-6-8-22(9-7-19)24(29)27-15-10-21(11-16-27)17-23(28)25-12-4-14-26-13-3-5-20(2)18-26/h6-9,20-21H,3-5,10-18H2,1-2H3,(H,25,28). The van der Waals surface area contributed by atoms with Gasteiger partial charge in [-0.3, -0.25) is 9.59 Å². The normalized spacial score (nSPS) is 21.2. The van der Waals surface area contributed by atoms with Crippen molar-refractivity contribution in [3.8, 4) is 0 Å². The molecule has 0 spiro atoms. The monoisotopic (exact) mass is 399 g/mol. The Morgan fingerprint density at radius 3 is 2.48 bits per heavy atom. The maximum Gasteiger partial charge on any atom is 0.253 e. The van der Waals surface area contributed by atoms with Gasteiger partial charge < -0.3 is 15.1 Å². The smallest absolute Gasteiger partial charge is 0.253 e. The van der Waals surface area contributed by atoms with Gasteiger partial charge in [-0.1, -0.05) is 24.6 Å². The van der Waals surface area contributed by atoms with Gasteiger partial charge >= 0.3 is 0 Å². The minimum absolute atomic E-state index is 0.111. The van der Waals surface area contributed by atoms with E-state index in [0.29, 0.717) is 12.3 Å². The lowest BCUT2D eigenvalue weighted by Crippen LogP contribution is -2.40. The van der Waals surface area contributed by atoms with Gasteiger partial charge in [-0.2, -0.15) is 0 Å². The Kier molecular flexibility index (Phi) is 8.10. The number of piperidine rings is 2. The zero-order valence-corrected chi connectivity index (χ0v) is 18.2. The van der Waals surface area contributed by atoms with Gasteiger partial charge in [0.1, 0.15) is 0 Å². The van der Waals surface area contributed by atoms with Gasteiger partial charge in [0.2, 0.25) is 5.91 Å². The van der Waals surface area contributed by atoms with Crippen LogP contribution in [0.3, 0.4) is 0 Å². The van der Waals surface area contributed by atoms with E-state index in [2.05, 4.69) is 17.1 Å². The molecule has 2 saturated heterocycles. The summed E-state index contributed by atoms with van der Waals surface area (Å²) in [5.74, 6) is 1.47. The summed E-state index contributed by atoms with van der Waals surface area (Å²) in [4.78, 5) is 29.3. The number of amides is 2. The molecule has 0 bridgehead atoms. The molecule has 2 aliphatic rings. The maximum absolute atomic E-state index is 12.6. The number of hydrogen-bond acceptors (Lipinski definition) is 3. The molecule has 1 unspecified atom stereocenters. The van der Waals surface area contributed by atoms with Gasteiger partial charge in [0.05, 0.1) is 0 Å². The molecule has 2 aliphatic heterocycles. The molecule has 0 aliphatic carbocycles. The molecule has 1 atom stereocenters. The number of carbonyl (C=O) groups excluding carboxylic acids is 2. The highest BCUT2D eigenvalue weighted by Crippen LogP contribution is 2.22. The fourth-order valence-electron chi connectivity index (χ4n) is 4.57. The molecule has 160 valence electrons. The van der Waals surface area contributed by atoms with Crippen molar-refractivity contribution >= 4 is 11.8 Å². The zero-order chi connectivity index (χ0) is 20.6. The highest BCUT2D eigenvalue weighted by atomic mass is 16.2. The summed E-state index contributed by atoms with van der Waals surface area (Å²) >= 11 is 0. The number of carbonyl (C=O) groups is 2. The minimum Gasteiger partial charge on any atom is -0.356 e. The van der Waals surface area contributed by atoms with Gasteiger partial charge in [-0.05, 0) is 76.1 Å². The molecule has 0 radical (unpaired) electrons. The first kappa shape index (κ1) is 21.8. The number of hydrogen-bond donors (Lipinski definition) is 1. The Morgan fingerprint density at radius 2 is 1.79 bits per heavy atom. The van der Waals surface area contributed by atoms with Crippen LogP contribution < -0.4 is 5.32 Å². The van der Waals surface area contributed by atoms with E-state index in [9.17, 15) is 9.59 Å². The number of benzene rings is 1. The molecule has 1 N–H and O–H groups in total. The van der Waals surface area contributed by atoms with Crippen molar-refractivity contribution in [2.75, 3.05) is 39.3 Å². The van der Waals surface area contributed by atoms with E-state index < -0.39 is 0 Å². The largest absolute Gasteiger partial charge is 0.356 e. The lowest BCUT2D eigenvalue weighted by atomic mass is 9.92. The first-order valence-corrected chi connectivity index (χ1v) is 11.4. The number of aryl methyl sites for hydroxylation is 1. The van der Waals surface area contributed by atoms with Crippen molar-refractivity contribution in [2.45, 2.75) is 52.4 Å². The van der Waals surface area contributed by atoms with Gasteiger partial charge in [-0.15, -0.1) is 0 Å². The molecule has 29 heavy (non-hydrogen) atoms. The van der Waals surface area contributed by atoms with E-state index in [1.807, 2.05) is 36.1 Å². The van der Waals surface area contributed by atoms with E-state index in [1.165, 1.54) is 25.9 Å². The molecule has 2 heterocycles. The molecular formula is C24H37N3O2. The minimum atomic E-state index is 0.111. The highest BCUT2D eigenvalue weighted by Gasteiger charge is 2.25. The number of nitrogens with one attached hydrogen (secondary N) is 1. The van der Waals surface area contributed by atoms with Crippen LogP contribution >= 0.6 is 0 Å². The quantitative estimate of drug-likeness (QED) is 0.714.